The van der Waals surface area contributed by atoms with Crippen LogP contribution in [0.5, 0.6) is 0 Å². The molecule has 1 amide bonds. The fourth-order valence-electron chi connectivity index (χ4n) is 2.98. The van der Waals surface area contributed by atoms with Gasteiger partial charge in [0.15, 0.2) is 0 Å². The average Bonchev–Trinajstić information content (AvgIpc) is 2.62. The van der Waals surface area contributed by atoms with Crippen molar-refractivity contribution in [3.8, 4) is 5.69 Å². The highest BCUT2D eigenvalue weighted by Crippen LogP contribution is 2.18. The topological polar surface area (TPSA) is 101 Å². The first-order valence-corrected chi connectivity index (χ1v) is 8.74. The van der Waals surface area contributed by atoms with E-state index in [0.29, 0.717) is 30.3 Å². The third-order valence-electron chi connectivity index (χ3n) is 4.27. The molecule has 3 N–H and O–H groups in total. The van der Waals surface area contributed by atoms with E-state index >= 15 is 0 Å². The van der Waals surface area contributed by atoms with Gasteiger partial charge in [0.25, 0.3) is 11.5 Å². The Hall–Kier alpha value is -2.45. The Morgan fingerprint density at radius 3 is 2.70 bits per heavy atom. The van der Waals surface area contributed by atoms with E-state index in [0.717, 1.165) is 11.3 Å². The second kappa shape index (κ2) is 8.49. The molecule has 1 atom stereocenters. The highest BCUT2D eigenvalue weighted by Gasteiger charge is 2.23. The molecule has 0 unspecified atom stereocenters. The highest BCUT2D eigenvalue weighted by molar-refractivity contribution is 5.92. The first-order chi connectivity index (χ1) is 12.4. The number of amides is 1. The Labute approximate surface area is 164 Å². The number of halogens is 1. The van der Waals surface area contributed by atoms with Gasteiger partial charge in [-0.25, -0.2) is 14.5 Å². The molecular weight excluding hydrogens is 368 g/mol. The van der Waals surface area contributed by atoms with Crippen molar-refractivity contribution in [2.45, 2.75) is 45.8 Å². The van der Waals surface area contributed by atoms with Crippen molar-refractivity contribution < 1.29 is 4.79 Å². The van der Waals surface area contributed by atoms with Gasteiger partial charge in [-0.05, 0) is 39.3 Å². The molecule has 2 aromatic heterocycles. The molecule has 146 valence electrons. The Kier molecular flexibility index (Phi) is 6.56. The average molecular weight is 393 g/mol. The van der Waals surface area contributed by atoms with Crippen LogP contribution in [0.25, 0.3) is 5.69 Å². The lowest BCUT2D eigenvalue weighted by Gasteiger charge is -2.25. The lowest BCUT2D eigenvalue weighted by atomic mass is 10.0. The van der Waals surface area contributed by atoms with E-state index in [-0.39, 0.29) is 36.0 Å². The van der Waals surface area contributed by atoms with Crippen molar-refractivity contribution in [1.82, 2.24) is 25.2 Å². The summed E-state index contributed by atoms with van der Waals surface area (Å²) in [6, 6.07) is 3.65. The Balaban J connectivity index is 0.00000261. The molecule has 3 rings (SSSR count). The standard InChI is InChI=1S/C18H24N6O2.ClH/c1-10(2)22-18-23-15-9-20-11(3)7-13(15)17(26)24(18)12-5-6-14(21-8-12)16(25)19-4;/h5-6,8,10-11,20H,7,9H2,1-4H3,(H,19,25)(H,22,23);1H/t11-;/m1./s1. The molecule has 0 saturated heterocycles. The van der Waals surface area contributed by atoms with Gasteiger partial charge in [-0.3, -0.25) is 9.59 Å². The van der Waals surface area contributed by atoms with Crippen LogP contribution in [-0.2, 0) is 13.0 Å². The van der Waals surface area contributed by atoms with Gasteiger partial charge in [-0.15, -0.1) is 12.4 Å². The predicted molar refractivity (Wildman–Crippen MR) is 107 cm³/mol. The van der Waals surface area contributed by atoms with Gasteiger partial charge in [0.2, 0.25) is 5.95 Å². The number of hydrogen-bond acceptors (Lipinski definition) is 6. The minimum absolute atomic E-state index is 0. The molecule has 9 heteroatoms. The quantitative estimate of drug-likeness (QED) is 0.724. The molecule has 0 saturated carbocycles. The van der Waals surface area contributed by atoms with Gasteiger partial charge >= 0.3 is 0 Å². The lowest BCUT2D eigenvalue weighted by molar-refractivity contribution is 0.0958. The zero-order valence-corrected chi connectivity index (χ0v) is 16.7. The number of pyridine rings is 1. The minimum Gasteiger partial charge on any atom is -0.354 e. The summed E-state index contributed by atoms with van der Waals surface area (Å²) in [5.41, 5.74) is 2.28. The van der Waals surface area contributed by atoms with Crippen LogP contribution in [0.1, 0.15) is 42.5 Å². The number of carbonyl (C=O) groups is 1. The molecule has 0 radical (unpaired) electrons. The lowest BCUT2D eigenvalue weighted by Crippen LogP contribution is -2.40. The molecule has 27 heavy (non-hydrogen) atoms. The van der Waals surface area contributed by atoms with E-state index < -0.39 is 0 Å². The summed E-state index contributed by atoms with van der Waals surface area (Å²) in [7, 11) is 1.55. The Morgan fingerprint density at radius 2 is 2.11 bits per heavy atom. The van der Waals surface area contributed by atoms with Crippen molar-refractivity contribution in [2.24, 2.45) is 0 Å². The molecule has 0 aromatic carbocycles. The molecule has 8 nitrogen and oxygen atoms in total. The van der Waals surface area contributed by atoms with Crippen LogP contribution in [0.15, 0.2) is 23.1 Å². The largest absolute Gasteiger partial charge is 0.354 e. The van der Waals surface area contributed by atoms with E-state index in [1.54, 1.807) is 19.2 Å². The van der Waals surface area contributed by atoms with Gasteiger partial charge in [0.1, 0.15) is 5.69 Å². The van der Waals surface area contributed by atoms with E-state index in [1.807, 2.05) is 20.8 Å². The van der Waals surface area contributed by atoms with Crippen LogP contribution in [0, 0.1) is 0 Å². The predicted octanol–water partition coefficient (Wildman–Crippen LogP) is 1.26. The molecule has 1 aliphatic rings. The number of nitrogens with one attached hydrogen (secondary N) is 3. The van der Waals surface area contributed by atoms with E-state index in [9.17, 15) is 9.59 Å². The van der Waals surface area contributed by atoms with Gasteiger partial charge in [-0.1, -0.05) is 0 Å². The second-order valence-corrected chi connectivity index (χ2v) is 6.77. The van der Waals surface area contributed by atoms with Crippen LogP contribution in [0.2, 0.25) is 0 Å². The van der Waals surface area contributed by atoms with Crippen molar-refractivity contribution in [2.75, 3.05) is 12.4 Å². The zero-order valence-electron chi connectivity index (χ0n) is 15.9. The summed E-state index contributed by atoms with van der Waals surface area (Å²) in [5, 5.41) is 9.11. The third-order valence-corrected chi connectivity index (χ3v) is 4.27. The molecule has 0 spiro atoms. The van der Waals surface area contributed by atoms with Gasteiger partial charge < -0.3 is 16.0 Å². The minimum atomic E-state index is -0.270. The Bertz CT molecular complexity index is 879. The highest BCUT2D eigenvalue weighted by atomic mass is 35.5. The maximum Gasteiger partial charge on any atom is 0.269 e. The number of fused-ring (bicyclic) bond motifs is 1. The summed E-state index contributed by atoms with van der Waals surface area (Å²) < 4.78 is 1.54. The normalized spacial score (nSPS) is 15.7. The fraction of sp³-hybridized carbons (Fsp3) is 0.444. The summed E-state index contributed by atoms with van der Waals surface area (Å²) >= 11 is 0. The van der Waals surface area contributed by atoms with Crippen molar-refractivity contribution in [3.05, 3.63) is 45.6 Å². The van der Waals surface area contributed by atoms with Crippen molar-refractivity contribution >= 4 is 24.3 Å². The molecule has 3 heterocycles. The van der Waals surface area contributed by atoms with Crippen LogP contribution in [0.3, 0.4) is 0 Å². The zero-order chi connectivity index (χ0) is 18.8. The monoisotopic (exact) mass is 392 g/mol. The van der Waals surface area contributed by atoms with E-state index in [1.165, 1.54) is 10.8 Å². The second-order valence-electron chi connectivity index (χ2n) is 6.77. The number of rotatable bonds is 4. The molecular formula is C18H25ClN6O2. The number of nitrogens with zero attached hydrogens (tertiary/aromatic N) is 3. The molecule has 0 fully saturated rings. The first-order valence-electron chi connectivity index (χ1n) is 8.74. The molecule has 1 aliphatic heterocycles. The smallest absolute Gasteiger partial charge is 0.269 e. The maximum absolute atomic E-state index is 13.2. The molecule has 0 bridgehead atoms. The van der Waals surface area contributed by atoms with Gasteiger partial charge in [0, 0.05) is 31.2 Å². The van der Waals surface area contributed by atoms with Gasteiger partial charge in [-0.2, -0.15) is 0 Å². The van der Waals surface area contributed by atoms with Crippen LogP contribution in [-0.4, -0.2) is 39.6 Å². The van der Waals surface area contributed by atoms with Crippen molar-refractivity contribution in [3.63, 3.8) is 0 Å². The first kappa shape index (κ1) is 20.9. The van der Waals surface area contributed by atoms with Gasteiger partial charge in [0.05, 0.1) is 17.6 Å². The number of anilines is 1. The van der Waals surface area contributed by atoms with E-state index in [4.69, 9.17) is 0 Å². The van der Waals surface area contributed by atoms with Crippen LogP contribution in [0.4, 0.5) is 5.95 Å². The van der Waals surface area contributed by atoms with Crippen LogP contribution >= 0.6 is 12.4 Å². The molecule has 0 aliphatic carbocycles. The van der Waals surface area contributed by atoms with Crippen molar-refractivity contribution in [1.29, 1.82) is 0 Å². The maximum atomic E-state index is 13.2. The summed E-state index contributed by atoms with van der Waals surface area (Å²) in [4.78, 5) is 33.7. The van der Waals surface area contributed by atoms with E-state index in [2.05, 4.69) is 25.9 Å². The Morgan fingerprint density at radius 1 is 1.37 bits per heavy atom. The number of aromatic nitrogens is 3. The third kappa shape index (κ3) is 4.28. The van der Waals surface area contributed by atoms with Crippen LogP contribution < -0.4 is 21.5 Å². The summed E-state index contributed by atoms with van der Waals surface area (Å²) in [6.07, 6.45) is 2.16. The number of carbonyl (C=O) groups excluding carboxylic acids is 1. The number of hydrogen-bond donors (Lipinski definition) is 3. The summed E-state index contributed by atoms with van der Waals surface area (Å²) in [6.45, 7) is 6.60. The SMILES string of the molecule is CNC(=O)c1ccc(-n2c(NC(C)C)nc3c(c2=O)C[C@@H](C)NC3)cn1.Cl. The summed E-state index contributed by atoms with van der Waals surface area (Å²) in [5.74, 6) is 0.211. The fourth-order valence-corrected chi connectivity index (χ4v) is 2.98. The molecule has 2 aromatic rings.